The van der Waals surface area contributed by atoms with Gasteiger partial charge in [0.15, 0.2) is 4.90 Å². The molecule has 3 N–H and O–H groups in total. The van der Waals surface area contributed by atoms with E-state index in [1.807, 2.05) is 35.3 Å². The van der Waals surface area contributed by atoms with Gasteiger partial charge in [0, 0.05) is 18.2 Å². The first-order valence-electron chi connectivity index (χ1n) is 8.89. The smallest absolute Gasteiger partial charge is 0.310 e. The second-order valence-electron chi connectivity index (χ2n) is 6.62. The van der Waals surface area contributed by atoms with E-state index in [0.29, 0.717) is 5.56 Å². The zero-order valence-corrected chi connectivity index (χ0v) is 16.4. The Kier molecular flexibility index (Phi) is 6.09. The van der Waals surface area contributed by atoms with Crippen molar-refractivity contribution in [3.05, 3.63) is 98.1 Å². The first-order chi connectivity index (χ1) is 13.8. The van der Waals surface area contributed by atoms with Gasteiger partial charge in [0.25, 0.3) is 5.56 Å². The van der Waals surface area contributed by atoms with E-state index in [2.05, 4.69) is 9.71 Å². The van der Waals surface area contributed by atoms with E-state index in [1.165, 1.54) is 13.0 Å². The number of rotatable bonds is 7. The quantitative estimate of drug-likeness (QED) is 0.544. The molecular formula is C20H20FN3O4S. The minimum Gasteiger partial charge on any atom is -0.310 e. The van der Waals surface area contributed by atoms with Crippen LogP contribution in [0.15, 0.2) is 69.1 Å². The lowest BCUT2D eigenvalue weighted by molar-refractivity contribution is 0.558. The molecule has 1 atom stereocenters. The minimum absolute atomic E-state index is 0.0569. The van der Waals surface area contributed by atoms with Crippen molar-refractivity contribution in [3.8, 4) is 0 Å². The SMILES string of the molecule is Cc1[nH]c(=O)[nH]c(=O)c1S(=O)(=O)NC[C@H](Cc1ccccc1F)c1ccccc1. The number of halogens is 1. The Morgan fingerprint density at radius 1 is 1.00 bits per heavy atom. The maximum Gasteiger partial charge on any atom is 0.325 e. The molecule has 0 fully saturated rings. The van der Waals surface area contributed by atoms with Gasteiger partial charge in [0.2, 0.25) is 10.0 Å². The van der Waals surface area contributed by atoms with Crippen LogP contribution in [-0.4, -0.2) is 24.9 Å². The van der Waals surface area contributed by atoms with Crippen LogP contribution in [-0.2, 0) is 16.4 Å². The van der Waals surface area contributed by atoms with Gasteiger partial charge < -0.3 is 4.98 Å². The third-order valence-electron chi connectivity index (χ3n) is 4.56. The number of aryl methyl sites for hydroxylation is 1. The van der Waals surface area contributed by atoms with Gasteiger partial charge in [-0.05, 0) is 30.5 Å². The highest BCUT2D eigenvalue weighted by atomic mass is 32.2. The normalized spacial score (nSPS) is 12.6. The van der Waals surface area contributed by atoms with Crippen LogP contribution < -0.4 is 16.0 Å². The molecule has 0 unspecified atom stereocenters. The van der Waals surface area contributed by atoms with Gasteiger partial charge in [0.1, 0.15) is 5.82 Å². The van der Waals surface area contributed by atoms with Crippen LogP contribution in [0.4, 0.5) is 4.39 Å². The number of H-pyrrole nitrogens is 2. The number of sulfonamides is 1. The van der Waals surface area contributed by atoms with Gasteiger partial charge in [-0.3, -0.25) is 9.78 Å². The maximum atomic E-state index is 14.1. The molecule has 0 spiro atoms. The first kappa shape index (κ1) is 20.7. The molecule has 152 valence electrons. The van der Waals surface area contributed by atoms with E-state index in [-0.39, 0.29) is 30.4 Å². The molecule has 3 rings (SSSR count). The average Bonchev–Trinajstić information content (AvgIpc) is 2.66. The topological polar surface area (TPSA) is 112 Å². The molecule has 0 amide bonds. The molecule has 0 radical (unpaired) electrons. The number of hydrogen-bond donors (Lipinski definition) is 3. The standard InChI is InChI=1S/C20H20FN3O4S/c1-13-18(19(25)24-20(26)23-13)29(27,28)22-12-16(14-7-3-2-4-8-14)11-15-9-5-6-10-17(15)21/h2-10,16,22H,11-12H2,1H3,(H2,23,24,25,26)/t16-/m0/s1. The summed E-state index contributed by atoms with van der Waals surface area (Å²) in [5, 5.41) is 0. The van der Waals surface area contributed by atoms with Crippen molar-refractivity contribution >= 4 is 10.0 Å². The van der Waals surface area contributed by atoms with Crippen molar-refractivity contribution in [3.63, 3.8) is 0 Å². The van der Waals surface area contributed by atoms with Crippen molar-refractivity contribution < 1.29 is 12.8 Å². The molecule has 0 aliphatic carbocycles. The van der Waals surface area contributed by atoms with Gasteiger partial charge in [-0.25, -0.2) is 22.3 Å². The molecule has 7 nitrogen and oxygen atoms in total. The van der Waals surface area contributed by atoms with Crippen LogP contribution in [0.5, 0.6) is 0 Å². The highest BCUT2D eigenvalue weighted by molar-refractivity contribution is 7.89. The Bertz CT molecular complexity index is 1220. The molecule has 1 heterocycles. The third kappa shape index (κ3) is 4.87. The van der Waals surface area contributed by atoms with E-state index in [4.69, 9.17) is 0 Å². The predicted octanol–water partition coefficient (Wildman–Crippen LogP) is 1.82. The van der Waals surface area contributed by atoms with Crippen molar-refractivity contribution in [2.45, 2.75) is 24.2 Å². The van der Waals surface area contributed by atoms with E-state index < -0.39 is 26.2 Å². The second-order valence-corrected chi connectivity index (χ2v) is 8.32. The van der Waals surface area contributed by atoms with E-state index in [9.17, 15) is 22.4 Å². The fourth-order valence-corrected chi connectivity index (χ4v) is 4.47. The molecule has 0 aliphatic rings. The number of aromatic nitrogens is 2. The Hall–Kier alpha value is -3.04. The van der Waals surface area contributed by atoms with Gasteiger partial charge >= 0.3 is 5.69 Å². The van der Waals surface area contributed by atoms with Crippen LogP contribution >= 0.6 is 0 Å². The van der Waals surface area contributed by atoms with Crippen LogP contribution in [0.3, 0.4) is 0 Å². The van der Waals surface area contributed by atoms with Gasteiger partial charge in [-0.15, -0.1) is 0 Å². The molecule has 0 saturated carbocycles. The summed E-state index contributed by atoms with van der Waals surface area (Å²) in [6.45, 7) is 1.28. The summed E-state index contributed by atoms with van der Waals surface area (Å²) in [7, 11) is -4.20. The lowest BCUT2D eigenvalue weighted by Crippen LogP contribution is -2.36. The summed E-state index contributed by atoms with van der Waals surface area (Å²) < 4.78 is 42.0. The molecule has 0 saturated heterocycles. The fourth-order valence-electron chi connectivity index (χ4n) is 3.16. The predicted molar refractivity (Wildman–Crippen MR) is 107 cm³/mol. The number of aromatic amines is 2. The summed E-state index contributed by atoms with van der Waals surface area (Å²) in [4.78, 5) is 27.0. The fraction of sp³-hybridized carbons (Fsp3) is 0.200. The zero-order valence-electron chi connectivity index (χ0n) is 15.6. The van der Waals surface area contributed by atoms with E-state index >= 15 is 0 Å². The van der Waals surface area contributed by atoms with Gasteiger partial charge in [0.05, 0.1) is 0 Å². The Balaban J connectivity index is 1.90. The largest absolute Gasteiger partial charge is 0.325 e. The maximum absolute atomic E-state index is 14.1. The summed E-state index contributed by atoms with van der Waals surface area (Å²) >= 11 is 0. The molecule has 9 heteroatoms. The van der Waals surface area contributed by atoms with Crippen LogP contribution in [0.1, 0.15) is 22.7 Å². The van der Waals surface area contributed by atoms with Crippen molar-refractivity contribution in [2.75, 3.05) is 6.54 Å². The van der Waals surface area contributed by atoms with Crippen molar-refractivity contribution in [1.82, 2.24) is 14.7 Å². The lowest BCUT2D eigenvalue weighted by atomic mass is 9.92. The number of benzene rings is 2. The second kappa shape index (κ2) is 8.54. The molecule has 3 aromatic rings. The monoisotopic (exact) mass is 417 g/mol. The minimum atomic E-state index is -4.20. The Morgan fingerprint density at radius 3 is 2.31 bits per heavy atom. The summed E-state index contributed by atoms with van der Waals surface area (Å²) in [5.74, 6) is -0.741. The Labute approximate surface area is 166 Å². The first-order valence-corrected chi connectivity index (χ1v) is 10.4. The third-order valence-corrected chi connectivity index (χ3v) is 6.13. The van der Waals surface area contributed by atoms with Gasteiger partial charge in [-0.2, -0.15) is 0 Å². The molecule has 1 aromatic heterocycles. The van der Waals surface area contributed by atoms with Crippen LogP contribution in [0, 0.1) is 12.7 Å². The zero-order chi connectivity index (χ0) is 21.0. The lowest BCUT2D eigenvalue weighted by Gasteiger charge is -2.19. The highest BCUT2D eigenvalue weighted by Gasteiger charge is 2.24. The molecular weight excluding hydrogens is 397 g/mol. The van der Waals surface area contributed by atoms with Crippen molar-refractivity contribution in [1.29, 1.82) is 0 Å². The Morgan fingerprint density at radius 2 is 1.66 bits per heavy atom. The molecule has 0 bridgehead atoms. The summed E-state index contributed by atoms with van der Waals surface area (Å²) in [5.41, 5.74) is -0.557. The summed E-state index contributed by atoms with van der Waals surface area (Å²) in [6.07, 6.45) is 0.264. The average molecular weight is 417 g/mol. The summed E-state index contributed by atoms with van der Waals surface area (Å²) in [6, 6.07) is 15.4. The van der Waals surface area contributed by atoms with Gasteiger partial charge in [-0.1, -0.05) is 48.5 Å². The van der Waals surface area contributed by atoms with E-state index in [0.717, 1.165) is 5.56 Å². The van der Waals surface area contributed by atoms with Crippen LogP contribution in [0.25, 0.3) is 0 Å². The number of nitrogens with one attached hydrogen (secondary N) is 3. The molecule has 29 heavy (non-hydrogen) atoms. The number of hydrogen-bond acceptors (Lipinski definition) is 4. The molecule has 2 aromatic carbocycles. The molecule has 0 aliphatic heterocycles. The van der Waals surface area contributed by atoms with Crippen LogP contribution in [0.2, 0.25) is 0 Å². The van der Waals surface area contributed by atoms with E-state index in [1.54, 1.807) is 18.2 Å². The highest BCUT2D eigenvalue weighted by Crippen LogP contribution is 2.22. The van der Waals surface area contributed by atoms with Crippen molar-refractivity contribution in [2.24, 2.45) is 0 Å².